The first-order chi connectivity index (χ1) is 46.5. The number of likely N-dealkylation sites (N-methyl/N-ethyl adjacent to an activating group) is 1. The van der Waals surface area contributed by atoms with Crippen molar-refractivity contribution in [2.75, 3.05) is 48.5 Å². The third kappa shape index (κ3) is 31.4. The highest BCUT2D eigenvalue weighted by molar-refractivity contribution is 6.10. The molecule has 0 bridgehead atoms. The molecule has 0 radical (unpaired) electrons. The Hall–Kier alpha value is -7.37. The number of nitrogens with one attached hydrogen (secondary N) is 1. The van der Waals surface area contributed by atoms with E-state index in [0.29, 0.717) is 5.84 Å². The van der Waals surface area contributed by atoms with Gasteiger partial charge in [0, 0.05) is 74.7 Å². The van der Waals surface area contributed by atoms with E-state index in [9.17, 15) is 0 Å². The lowest BCUT2D eigenvalue weighted by atomic mass is 9.86. The summed E-state index contributed by atoms with van der Waals surface area (Å²) >= 11 is 0. The van der Waals surface area contributed by atoms with E-state index in [2.05, 4.69) is 252 Å². The van der Waals surface area contributed by atoms with Gasteiger partial charge in [0.1, 0.15) is 6.04 Å². The number of fused-ring (bicyclic) bond motifs is 2. The molecule has 3 atom stereocenters. The van der Waals surface area contributed by atoms with Crippen LogP contribution in [0.1, 0.15) is 267 Å². The summed E-state index contributed by atoms with van der Waals surface area (Å²) in [5.74, 6) is 1.48. The standard InChI is InChI=1S/C36H60N4.C32H41N3.C15H21N.C2H6.C2H2/c1-5-6-7-8-13-17-22-31(2)23-18-14-11-9-10-12-15-21-30-38-32(3)33-26-28-35(29-27-33)40(4)39-36(37)34-24-19-16-20-25-34;1-4-5-6-7-8-9-17-24-35-25-26-18-13-14-21-28(26)32(34(3)27-19-11-10-12-20-27)31(33-2)29-22-15-16-23-30(29)35;1-4-6-11-16-12-14(5-2)15-10-8-7-9-13(15)3;2*1-2/h19,24-29,31,38H,3,5-18,20-23,30H2,1-2,4H3,(H2,37,39);10-16,18-23,31-32H,2,4-9,17,24-25H2,1,3H3;5,7-10,12H,4,6,11H2,1-3H3;1-2H3;1-2H/b;;14-5-,16-12?;;. The van der Waals surface area contributed by atoms with Crippen molar-refractivity contribution in [3.05, 3.63) is 197 Å². The quantitative estimate of drug-likeness (QED) is 0.0135. The first kappa shape index (κ1) is 81.9. The minimum absolute atomic E-state index is 0.0607. The Bertz CT molecular complexity index is 2980. The van der Waals surface area contributed by atoms with E-state index >= 15 is 0 Å². The molecule has 3 unspecified atom stereocenters. The molecule has 3 N–H and O–H groups in total. The van der Waals surface area contributed by atoms with Crippen molar-refractivity contribution in [3.63, 3.8) is 0 Å². The molecule has 1 aliphatic carbocycles. The number of anilines is 3. The van der Waals surface area contributed by atoms with Crippen LogP contribution in [0.15, 0.2) is 179 Å². The zero-order valence-corrected chi connectivity index (χ0v) is 61.5. The molecule has 8 nitrogen and oxygen atoms in total. The highest BCUT2D eigenvalue weighted by atomic mass is 15.4. The fraction of sp³-hybridized carbons (Fsp3) is 0.506. The summed E-state index contributed by atoms with van der Waals surface area (Å²) in [7, 11) is 4.12. The van der Waals surface area contributed by atoms with Crippen LogP contribution in [0.4, 0.5) is 17.1 Å². The van der Waals surface area contributed by atoms with Gasteiger partial charge < -0.3 is 20.9 Å². The third-order valence-corrected chi connectivity index (χ3v) is 18.2. The molecule has 8 heteroatoms. The van der Waals surface area contributed by atoms with Gasteiger partial charge in [-0.05, 0) is 122 Å². The second-order valence-corrected chi connectivity index (χ2v) is 25.6. The fourth-order valence-electron chi connectivity index (χ4n) is 12.5. The van der Waals surface area contributed by atoms with Crippen molar-refractivity contribution < 1.29 is 0 Å². The van der Waals surface area contributed by atoms with Crippen LogP contribution in [0.2, 0.25) is 0 Å². The summed E-state index contributed by atoms with van der Waals surface area (Å²) in [6.07, 6.45) is 54.5. The molecule has 0 fully saturated rings. The number of para-hydroxylation sites is 2. The smallest absolute Gasteiger partial charge is 0.150 e. The zero-order valence-electron chi connectivity index (χ0n) is 61.5. The van der Waals surface area contributed by atoms with Crippen molar-refractivity contribution in [1.82, 2.24) is 5.32 Å². The molecule has 0 saturated carbocycles. The SMILES string of the molecule is C#C.C/C=C(/C=NCCCC)c1ccccc1C.C=C(NCCCCCCCCCCC(C)CCCCCCCC)c1ccc(N(C)/N=C(\N)C2=CCCC=C2)cc1.C=NC1c2ccccc2N(CCCCCCCCC)Cc2ccccc2C1N(C)c1ccccc1.CC. The molecular weight excluding hydrogens is 1160 g/mol. The summed E-state index contributed by atoms with van der Waals surface area (Å²) in [5.41, 5.74) is 20.6. The molecule has 5 aromatic rings. The highest BCUT2D eigenvalue weighted by Crippen LogP contribution is 2.45. The topological polar surface area (TPSA) is 84.8 Å². The lowest BCUT2D eigenvalue weighted by molar-refractivity contribution is 0.431. The maximum absolute atomic E-state index is 6.19. The predicted molar refractivity (Wildman–Crippen MR) is 425 cm³/mol. The number of amidine groups is 1. The molecule has 0 aromatic heterocycles. The second kappa shape index (κ2) is 51.9. The minimum Gasteiger partial charge on any atom is -0.385 e. The molecular formula is C87H130N8. The Labute approximate surface area is 582 Å². The Morgan fingerprint density at radius 1 is 0.653 bits per heavy atom. The van der Waals surface area contributed by atoms with Crippen LogP contribution in [0.3, 0.4) is 0 Å². The number of terminal acetylenes is 1. The predicted octanol–water partition coefficient (Wildman–Crippen LogP) is 24.1. The van der Waals surface area contributed by atoms with Crippen LogP contribution in [0.25, 0.3) is 11.3 Å². The molecule has 1 aliphatic heterocycles. The van der Waals surface area contributed by atoms with Gasteiger partial charge in [-0.15, -0.1) is 12.8 Å². The summed E-state index contributed by atoms with van der Waals surface area (Å²) < 4.78 is 0. The number of unbranched alkanes of at least 4 members (excludes halogenated alkanes) is 19. The normalized spacial score (nSPS) is 14.4. The number of hydrogen-bond acceptors (Lipinski definition) is 7. The average molecular weight is 1290 g/mol. The van der Waals surface area contributed by atoms with Crippen LogP contribution >= 0.6 is 0 Å². The van der Waals surface area contributed by atoms with Crippen LogP contribution in [-0.4, -0.2) is 52.5 Å². The van der Waals surface area contributed by atoms with Gasteiger partial charge in [-0.25, -0.2) is 0 Å². The van der Waals surface area contributed by atoms with E-state index in [1.807, 2.05) is 32.1 Å². The van der Waals surface area contributed by atoms with Crippen LogP contribution in [0.5, 0.6) is 0 Å². The Balaban J connectivity index is 0.000000389. The maximum Gasteiger partial charge on any atom is 0.150 e. The second-order valence-electron chi connectivity index (χ2n) is 25.6. The number of rotatable bonds is 39. The van der Waals surface area contributed by atoms with Gasteiger partial charge in [0.2, 0.25) is 0 Å². The van der Waals surface area contributed by atoms with Crippen LogP contribution in [0, 0.1) is 25.7 Å². The average Bonchev–Trinajstić information content (AvgIpc) is 0.775. The molecule has 7 rings (SSSR count). The van der Waals surface area contributed by atoms with E-state index in [1.54, 1.807) is 0 Å². The number of aryl methyl sites for hydroxylation is 1. The van der Waals surface area contributed by atoms with Gasteiger partial charge in [0.25, 0.3) is 0 Å². The number of allylic oxidation sites excluding steroid dienone is 4. The lowest BCUT2D eigenvalue weighted by Gasteiger charge is -2.40. The van der Waals surface area contributed by atoms with E-state index < -0.39 is 0 Å². The van der Waals surface area contributed by atoms with Gasteiger partial charge in [-0.3, -0.25) is 15.0 Å². The first-order valence-electron chi connectivity index (χ1n) is 37.2. The van der Waals surface area contributed by atoms with Crippen molar-refractivity contribution >= 4 is 47.1 Å². The lowest BCUT2D eigenvalue weighted by Crippen LogP contribution is -2.35. The fourth-order valence-corrected chi connectivity index (χ4v) is 12.5. The molecule has 0 spiro atoms. The Kier molecular flexibility index (Phi) is 44.7. The molecule has 2 aliphatic rings. The number of aliphatic imine (C=N–C) groups is 2. The van der Waals surface area contributed by atoms with Crippen molar-refractivity contribution in [1.29, 1.82) is 0 Å². The van der Waals surface area contributed by atoms with Gasteiger partial charge in [0.05, 0.1) is 11.7 Å². The first-order valence-corrected chi connectivity index (χ1v) is 37.2. The number of hydrogen-bond donors (Lipinski definition) is 2. The number of nitrogens with zero attached hydrogens (tertiary/aromatic N) is 6. The van der Waals surface area contributed by atoms with Crippen molar-refractivity contribution in [2.45, 2.75) is 247 Å². The van der Waals surface area contributed by atoms with E-state index in [-0.39, 0.29) is 12.1 Å². The molecule has 1 heterocycles. The molecule has 95 heavy (non-hydrogen) atoms. The van der Waals surface area contributed by atoms with Crippen LogP contribution < -0.4 is 25.9 Å². The molecule has 5 aromatic carbocycles. The molecule has 0 amide bonds. The molecule has 0 saturated heterocycles. The third-order valence-electron chi connectivity index (χ3n) is 18.2. The van der Waals surface area contributed by atoms with Gasteiger partial charge in [-0.2, -0.15) is 5.10 Å². The monoisotopic (exact) mass is 1290 g/mol. The number of nitrogens with two attached hydrogens (primary N) is 1. The summed E-state index contributed by atoms with van der Waals surface area (Å²) in [6, 6.07) is 45.2. The Morgan fingerprint density at radius 2 is 1.20 bits per heavy atom. The number of hydrazone groups is 1. The largest absolute Gasteiger partial charge is 0.385 e. The summed E-state index contributed by atoms with van der Waals surface area (Å²) in [4.78, 5) is 14.2. The van der Waals surface area contributed by atoms with E-state index in [4.69, 9.17) is 10.7 Å². The van der Waals surface area contributed by atoms with E-state index in [1.165, 1.54) is 205 Å². The minimum atomic E-state index is -0.0607. The Morgan fingerprint density at radius 3 is 1.79 bits per heavy atom. The maximum atomic E-state index is 6.19. The van der Waals surface area contributed by atoms with Crippen molar-refractivity contribution in [3.8, 4) is 12.8 Å². The zero-order chi connectivity index (χ0) is 69.1. The van der Waals surface area contributed by atoms with Crippen molar-refractivity contribution in [2.24, 2.45) is 26.7 Å². The van der Waals surface area contributed by atoms with E-state index in [0.717, 1.165) is 67.5 Å². The van der Waals surface area contributed by atoms with Gasteiger partial charge in [-0.1, -0.05) is 311 Å². The van der Waals surface area contributed by atoms with Crippen LogP contribution in [-0.2, 0) is 6.54 Å². The molecule has 518 valence electrons. The van der Waals surface area contributed by atoms with Gasteiger partial charge in [0.15, 0.2) is 5.84 Å². The van der Waals surface area contributed by atoms with Gasteiger partial charge >= 0.3 is 0 Å². The summed E-state index contributed by atoms with van der Waals surface area (Å²) in [6.45, 7) is 29.7. The summed E-state index contributed by atoms with van der Waals surface area (Å²) in [5, 5.41) is 9.89. The highest BCUT2D eigenvalue weighted by Gasteiger charge is 2.34. The number of benzene rings is 5.